The molecular weight excluding hydrogens is 398 g/mol. The molecule has 0 spiro atoms. The summed E-state index contributed by atoms with van der Waals surface area (Å²) in [4.78, 5) is 23.2. The quantitative estimate of drug-likeness (QED) is 0.422. The summed E-state index contributed by atoms with van der Waals surface area (Å²) in [6, 6.07) is 14.6. The Hall–Kier alpha value is -3.00. The van der Waals surface area contributed by atoms with Gasteiger partial charge >= 0.3 is 5.69 Å². The molecular formula is C22H25N5O2S. The van der Waals surface area contributed by atoms with Gasteiger partial charge in [-0.2, -0.15) is 0 Å². The van der Waals surface area contributed by atoms with Crippen molar-refractivity contribution in [3.63, 3.8) is 0 Å². The molecule has 1 N–H and O–H groups in total. The first-order chi connectivity index (χ1) is 14.7. The minimum absolute atomic E-state index is 0.0230. The standard InChI is InChI=1S/C22H25N5O2S/c28-27(29)20-21(23-11-8-19-7-4-14-30-19)24-16-25-22(20)26-12-9-18(10-13-26)15-17-5-2-1-3-6-17/h1-7,14,16,18H,8-13,15H2,(H,23,24,25). The van der Waals surface area contributed by atoms with E-state index in [-0.39, 0.29) is 10.6 Å². The molecule has 0 saturated carbocycles. The first kappa shape index (κ1) is 20.3. The highest BCUT2D eigenvalue weighted by molar-refractivity contribution is 7.09. The molecule has 0 bridgehead atoms. The second-order valence-electron chi connectivity index (χ2n) is 7.53. The lowest BCUT2D eigenvalue weighted by Crippen LogP contribution is -2.35. The van der Waals surface area contributed by atoms with E-state index < -0.39 is 0 Å². The lowest BCUT2D eigenvalue weighted by Gasteiger charge is -2.32. The average Bonchev–Trinajstić information content (AvgIpc) is 3.28. The fourth-order valence-corrected chi connectivity index (χ4v) is 4.66. The molecule has 2 aromatic heterocycles. The van der Waals surface area contributed by atoms with Gasteiger partial charge in [0.2, 0.25) is 11.6 Å². The number of hydrogen-bond donors (Lipinski definition) is 1. The lowest BCUT2D eigenvalue weighted by atomic mass is 9.90. The predicted molar refractivity (Wildman–Crippen MR) is 120 cm³/mol. The van der Waals surface area contributed by atoms with Gasteiger partial charge < -0.3 is 10.2 Å². The Morgan fingerprint density at radius 2 is 1.93 bits per heavy atom. The molecule has 0 atom stereocenters. The number of nitro groups is 1. The third-order valence-electron chi connectivity index (χ3n) is 5.51. The minimum atomic E-state index is -0.362. The zero-order chi connectivity index (χ0) is 20.8. The Labute approximate surface area is 180 Å². The van der Waals surface area contributed by atoms with Gasteiger partial charge in [0.25, 0.3) is 0 Å². The number of nitrogens with one attached hydrogen (secondary N) is 1. The van der Waals surface area contributed by atoms with Crippen LogP contribution in [0.2, 0.25) is 0 Å². The smallest absolute Gasteiger partial charge is 0.353 e. The molecule has 4 rings (SSSR count). The summed E-state index contributed by atoms with van der Waals surface area (Å²) in [5, 5.41) is 17.0. The number of hydrogen-bond acceptors (Lipinski definition) is 7. The molecule has 1 aromatic carbocycles. The predicted octanol–water partition coefficient (Wildman–Crippen LogP) is 4.56. The molecule has 3 heterocycles. The van der Waals surface area contributed by atoms with Gasteiger partial charge in [-0.25, -0.2) is 9.97 Å². The van der Waals surface area contributed by atoms with Crippen molar-refractivity contribution in [3.8, 4) is 0 Å². The molecule has 3 aromatic rings. The molecule has 0 radical (unpaired) electrons. The van der Waals surface area contributed by atoms with E-state index in [0.717, 1.165) is 38.8 Å². The van der Waals surface area contributed by atoms with Crippen molar-refractivity contribution in [3.05, 3.63) is 74.7 Å². The van der Waals surface area contributed by atoms with E-state index in [0.29, 0.717) is 24.1 Å². The number of rotatable bonds is 8. The fraction of sp³-hybridized carbons (Fsp3) is 0.364. The van der Waals surface area contributed by atoms with E-state index in [1.54, 1.807) is 11.3 Å². The van der Waals surface area contributed by atoms with E-state index in [4.69, 9.17) is 0 Å². The number of anilines is 2. The van der Waals surface area contributed by atoms with Crippen LogP contribution in [0.3, 0.4) is 0 Å². The van der Waals surface area contributed by atoms with Gasteiger partial charge in [0, 0.05) is 24.5 Å². The largest absolute Gasteiger partial charge is 0.364 e. The summed E-state index contributed by atoms with van der Waals surface area (Å²) in [5.41, 5.74) is 1.33. The van der Waals surface area contributed by atoms with Crippen LogP contribution < -0.4 is 10.2 Å². The van der Waals surface area contributed by atoms with Crippen LogP contribution in [0.5, 0.6) is 0 Å². The molecule has 0 amide bonds. The monoisotopic (exact) mass is 423 g/mol. The second-order valence-corrected chi connectivity index (χ2v) is 8.56. The highest BCUT2D eigenvalue weighted by atomic mass is 32.1. The Morgan fingerprint density at radius 1 is 1.13 bits per heavy atom. The van der Waals surface area contributed by atoms with E-state index in [2.05, 4.69) is 45.6 Å². The van der Waals surface area contributed by atoms with Crippen molar-refractivity contribution in [2.45, 2.75) is 25.7 Å². The van der Waals surface area contributed by atoms with Crippen LogP contribution in [-0.2, 0) is 12.8 Å². The molecule has 156 valence electrons. The average molecular weight is 424 g/mol. The van der Waals surface area contributed by atoms with Crippen molar-refractivity contribution in [1.29, 1.82) is 0 Å². The number of nitrogens with zero attached hydrogens (tertiary/aromatic N) is 4. The molecule has 7 nitrogen and oxygen atoms in total. The summed E-state index contributed by atoms with van der Waals surface area (Å²) in [7, 11) is 0. The summed E-state index contributed by atoms with van der Waals surface area (Å²) < 4.78 is 0. The molecule has 1 aliphatic heterocycles. The van der Waals surface area contributed by atoms with Crippen LogP contribution in [0.25, 0.3) is 0 Å². The number of thiophene rings is 1. The number of piperidine rings is 1. The van der Waals surface area contributed by atoms with Crippen molar-refractivity contribution in [2.24, 2.45) is 5.92 Å². The summed E-state index contributed by atoms with van der Waals surface area (Å²) in [6.07, 6.45) is 5.27. The van der Waals surface area contributed by atoms with Crippen LogP contribution in [-0.4, -0.2) is 34.5 Å². The van der Waals surface area contributed by atoms with Crippen molar-refractivity contribution in [1.82, 2.24) is 9.97 Å². The molecule has 8 heteroatoms. The SMILES string of the molecule is O=[N+]([O-])c1c(NCCc2cccs2)ncnc1N1CCC(Cc2ccccc2)CC1. The van der Waals surface area contributed by atoms with Gasteiger partial charge in [-0.3, -0.25) is 10.1 Å². The summed E-state index contributed by atoms with van der Waals surface area (Å²) in [5.74, 6) is 1.31. The van der Waals surface area contributed by atoms with Crippen LogP contribution in [0.15, 0.2) is 54.2 Å². The molecule has 1 fully saturated rings. The van der Waals surface area contributed by atoms with Gasteiger partial charge in [0.05, 0.1) is 4.92 Å². The van der Waals surface area contributed by atoms with E-state index in [1.165, 1.54) is 16.8 Å². The molecule has 30 heavy (non-hydrogen) atoms. The Balaban J connectivity index is 1.41. The van der Waals surface area contributed by atoms with E-state index in [9.17, 15) is 10.1 Å². The first-order valence-electron chi connectivity index (χ1n) is 10.2. The van der Waals surface area contributed by atoms with Gasteiger partial charge in [-0.15, -0.1) is 11.3 Å². The van der Waals surface area contributed by atoms with E-state index in [1.807, 2.05) is 22.4 Å². The third-order valence-corrected chi connectivity index (χ3v) is 6.45. The highest BCUT2D eigenvalue weighted by Crippen LogP contribution is 2.34. The highest BCUT2D eigenvalue weighted by Gasteiger charge is 2.29. The zero-order valence-corrected chi connectivity index (χ0v) is 17.6. The maximum absolute atomic E-state index is 11.8. The normalized spacial score (nSPS) is 14.6. The van der Waals surface area contributed by atoms with Crippen LogP contribution in [0, 0.1) is 16.0 Å². The van der Waals surface area contributed by atoms with Gasteiger partial charge in [-0.05, 0) is 48.6 Å². The fourth-order valence-electron chi connectivity index (χ4n) is 3.95. The Bertz CT molecular complexity index is 957. The molecule has 0 aliphatic carbocycles. The summed E-state index contributed by atoms with van der Waals surface area (Å²) in [6.45, 7) is 2.13. The van der Waals surface area contributed by atoms with Gasteiger partial charge in [-0.1, -0.05) is 36.4 Å². The van der Waals surface area contributed by atoms with Gasteiger partial charge in [0.1, 0.15) is 6.33 Å². The van der Waals surface area contributed by atoms with Crippen LogP contribution in [0.1, 0.15) is 23.3 Å². The molecule has 1 aliphatic rings. The topological polar surface area (TPSA) is 84.2 Å². The third kappa shape index (κ3) is 4.94. The summed E-state index contributed by atoms with van der Waals surface area (Å²) >= 11 is 1.68. The maximum atomic E-state index is 11.8. The van der Waals surface area contributed by atoms with Crippen molar-refractivity contribution >= 4 is 28.7 Å². The lowest BCUT2D eigenvalue weighted by molar-refractivity contribution is -0.383. The Kier molecular flexibility index (Phi) is 6.53. The maximum Gasteiger partial charge on any atom is 0.353 e. The molecule has 1 saturated heterocycles. The number of aromatic nitrogens is 2. The van der Waals surface area contributed by atoms with Crippen molar-refractivity contribution < 1.29 is 4.92 Å². The molecule has 0 unspecified atom stereocenters. The Morgan fingerprint density at radius 3 is 2.63 bits per heavy atom. The first-order valence-corrected chi connectivity index (χ1v) is 11.1. The number of benzene rings is 1. The van der Waals surface area contributed by atoms with Crippen molar-refractivity contribution in [2.75, 3.05) is 29.9 Å². The van der Waals surface area contributed by atoms with Gasteiger partial charge in [0.15, 0.2) is 0 Å². The minimum Gasteiger partial charge on any atom is -0.364 e. The van der Waals surface area contributed by atoms with Crippen LogP contribution in [0.4, 0.5) is 17.3 Å². The second kappa shape index (κ2) is 9.67. The zero-order valence-electron chi connectivity index (χ0n) is 16.7. The van der Waals surface area contributed by atoms with Crippen LogP contribution >= 0.6 is 11.3 Å². The van der Waals surface area contributed by atoms with E-state index >= 15 is 0 Å².